The maximum Gasteiger partial charge on any atom is 0.216 e. The molecule has 1 heterocycles. The molecule has 0 radical (unpaired) electrons. The summed E-state index contributed by atoms with van der Waals surface area (Å²) in [4.78, 5) is 13.5. The second kappa shape index (κ2) is 5.35. The number of methoxy groups -OCH3 is 1. The van der Waals surface area contributed by atoms with Gasteiger partial charge in [-0.2, -0.15) is 0 Å². The minimum Gasteiger partial charge on any atom is -0.497 e. The van der Waals surface area contributed by atoms with Crippen molar-refractivity contribution < 1.29 is 9.66 Å². The van der Waals surface area contributed by atoms with E-state index in [0.717, 1.165) is 17.0 Å². The highest BCUT2D eigenvalue weighted by molar-refractivity contribution is 5.33. The molecule has 0 saturated heterocycles. The molecule has 2 rings (SSSR count). The molecule has 0 aliphatic rings. The van der Waals surface area contributed by atoms with Crippen LogP contribution in [-0.2, 0) is 0 Å². The van der Waals surface area contributed by atoms with E-state index in [9.17, 15) is 10.1 Å². The average molecular weight is 246 g/mol. The van der Waals surface area contributed by atoms with E-state index in [0.29, 0.717) is 0 Å². The number of ether oxygens (including phenoxy) is 1. The van der Waals surface area contributed by atoms with Crippen molar-refractivity contribution in [1.29, 1.82) is 0 Å². The number of aromatic nitrogens is 1. The molecule has 0 fully saturated rings. The Morgan fingerprint density at radius 3 is 2.56 bits per heavy atom. The summed E-state index contributed by atoms with van der Waals surface area (Å²) in [7, 11) is 1.59. The van der Waals surface area contributed by atoms with E-state index >= 15 is 0 Å². The lowest BCUT2D eigenvalue weighted by atomic mass is 9.96. The minimum atomic E-state index is -0.296. The van der Waals surface area contributed by atoms with Crippen LogP contribution in [0, 0.1) is 10.1 Å². The molecule has 0 unspecified atom stereocenters. The molecule has 5 heteroatoms. The highest BCUT2D eigenvalue weighted by Crippen LogP contribution is 2.25. The van der Waals surface area contributed by atoms with Gasteiger partial charge in [0, 0.05) is 16.8 Å². The molecule has 2 aromatic rings. The molecule has 1 aromatic carbocycles. The molecule has 0 aliphatic heterocycles. The van der Waals surface area contributed by atoms with E-state index in [1.54, 1.807) is 13.3 Å². The second-order valence-electron chi connectivity index (χ2n) is 3.97. The summed E-state index contributed by atoms with van der Waals surface area (Å²) >= 11 is 0. The fourth-order valence-corrected chi connectivity index (χ4v) is 1.93. The zero-order valence-electron chi connectivity index (χ0n) is 10.00. The summed E-state index contributed by atoms with van der Waals surface area (Å²) in [5.74, 6) is 0.478. The predicted octanol–water partition coefficient (Wildman–Crippen LogP) is 2.43. The van der Waals surface area contributed by atoms with Crippen LogP contribution in [-0.4, -0.2) is 23.6 Å². The molecule has 18 heavy (non-hydrogen) atoms. The van der Waals surface area contributed by atoms with Crippen LogP contribution in [0.1, 0.15) is 17.2 Å². The van der Waals surface area contributed by atoms with Crippen molar-refractivity contribution in [2.24, 2.45) is 0 Å². The van der Waals surface area contributed by atoms with Crippen LogP contribution in [0.3, 0.4) is 0 Å². The number of hydrogen-bond acceptors (Lipinski definition) is 3. The maximum atomic E-state index is 10.8. The molecular formula is C13H14N2O3. The molecule has 1 atom stereocenters. The monoisotopic (exact) mass is 246 g/mol. The minimum absolute atomic E-state index is 0.132. The average Bonchev–Trinajstić information content (AvgIpc) is 2.89. The Labute approximate surface area is 105 Å². The SMILES string of the molecule is COc1ccc([C@H](C[N+](=O)[O-])c2ccc[nH]2)cc1. The first kappa shape index (κ1) is 12.2. The Kier molecular flexibility index (Phi) is 3.62. The van der Waals surface area contributed by atoms with Gasteiger partial charge in [-0.3, -0.25) is 10.1 Å². The fraction of sp³-hybridized carbons (Fsp3) is 0.231. The lowest BCUT2D eigenvalue weighted by molar-refractivity contribution is -0.481. The van der Waals surface area contributed by atoms with Crippen molar-refractivity contribution in [3.63, 3.8) is 0 Å². The molecule has 1 aromatic heterocycles. The van der Waals surface area contributed by atoms with Crippen molar-refractivity contribution in [2.75, 3.05) is 13.7 Å². The Bertz CT molecular complexity index is 506. The summed E-state index contributed by atoms with van der Waals surface area (Å²) < 4.78 is 5.08. The van der Waals surface area contributed by atoms with Gasteiger partial charge < -0.3 is 9.72 Å². The number of H-pyrrole nitrogens is 1. The van der Waals surface area contributed by atoms with Gasteiger partial charge in [0.2, 0.25) is 6.54 Å². The quantitative estimate of drug-likeness (QED) is 0.650. The second-order valence-corrected chi connectivity index (χ2v) is 3.97. The van der Waals surface area contributed by atoms with E-state index in [4.69, 9.17) is 4.74 Å². The zero-order valence-corrected chi connectivity index (χ0v) is 10.00. The first-order valence-electron chi connectivity index (χ1n) is 5.59. The van der Waals surface area contributed by atoms with Gasteiger partial charge in [-0.1, -0.05) is 12.1 Å². The third-order valence-corrected chi connectivity index (χ3v) is 2.85. The predicted molar refractivity (Wildman–Crippen MR) is 67.5 cm³/mol. The Hall–Kier alpha value is -2.30. The van der Waals surface area contributed by atoms with E-state index in [1.807, 2.05) is 36.4 Å². The van der Waals surface area contributed by atoms with Crippen LogP contribution in [0.15, 0.2) is 42.6 Å². The lowest BCUT2D eigenvalue weighted by Crippen LogP contribution is -2.14. The molecular weight excluding hydrogens is 232 g/mol. The normalized spacial score (nSPS) is 12.1. The molecule has 0 amide bonds. The molecule has 5 nitrogen and oxygen atoms in total. The molecule has 1 N–H and O–H groups in total. The van der Waals surface area contributed by atoms with E-state index < -0.39 is 0 Å². The maximum absolute atomic E-state index is 10.8. The van der Waals surface area contributed by atoms with Crippen LogP contribution >= 0.6 is 0 Å². The zero-order chi connectivity index (χ0) is 13.0. The van der Waals surface area contributed by atoms with Crippen LogP contribution in [0.5, 0.6) is 5.75 Å². The van der Waals surface area contributed by atoms with Gasteiger partial charge in [0.25, 0.3) is 0 Å². The highest BCUT2D eigenvalue weighted by atomic mass is 16.6. The van der Waals surface area contributed by atoms with Crippen LogP contribution in [0.2, 0.25) is 0 Å². The molecule has 0 saturated carbocycles. The summed E-state index contributed by atoms with van der Waals surface area (Å²) in [5.41, 5.74) is 1.74. The number of hydrogen-bond donors (Lipinski definition) is 1. The number of benzene rings is 1. The van der Waals surface area contributed by atoms with Crippen molar-refractivity contribution >= 4 is 0 Å². The molecule has 0 bridgehead atoms. The van der Waals surface area contributed by atoms with Crippen LogP contribution < -0.4 is 4.74 Å². The number of nitrogens with zero attached hydrogens (tertiary/aromatic N) is 1. The highest BCUT2D eigenvalue weighted by Gasteiger charge is 2.20. The van der Waals surface area contributed by atoms with Gasteiger partial charge >= 0.3 is 0 Å². The third-order valence-electron chi connectivity index (χ3n) is 2.85. The van der Waals surface area contributed by atoms with Crippen molar-refractivity contribution in [2.45, 2.75) is 5.92 Å². The van der Waals surface area contributed by atoms with Crippen LogP contribution in [0.4, 0.5) is 0 Å². The number of nitro groups is 1. The smallest absolute Gasteiger partial charge is 0.216 e. The van der Waals surface area contributed by atoms with E-state index in [2.05, 4.69) is 4.98 Å². The Morgan fingerprint density at radius 2 is 2.06 bits per heavy atom. The molecule has 0 spiro atoms. The first-order valence-corrected chi connectivity index (χ1v) is 5.59. The standard InChI is InChI=1S/C13H14N2O3/c1-18-11-6-4-10(5-7-11)12(9-15(16)17)13-3-2-8-14-13/h2-8,12,14H,9H2,1H3/t12-/m0/s1. The van der Waals surface area contributed by atoms with Gasteiger partial charge in [-0.05, 0) is 29.8 Å². The van der Waals surface area contributed by atoms with Gasteiger partial charge in [-0.15, -0.1) is 0 Å². The summed E-state index contributed by atoms with van der Waals surface area (Å²) in [6.07, 6.45) is 1.77. The van der Waals surface area contributed by atoms with Crippen molar-refractivity contribution in [3.05, 3.63) is 64.0 Å². The van der Waals surface area contributed by atoms with Gasteiger partial charge in [0.1, 0.15) is 5.75 Å². The van der Waals surface area contributed by atoms with Crippen molar-refractivity contribution in [3.8, 4) is 5.75 Å². The molecule has 0 aliphatic carbocycles. The Balaban J connectivity index is 2.30. The number of nitrogens with one attached hydrogen (secondary N) is 1. The van der Waals surface area contributed by atoms with E-state index in [-0.39, 0.29) is 17.4 Å². The summed E-state index contributed by atoms with van der Waals surface area (Å²) in [6, 6.07) is 11.0. The summed E-state index contributed by atoms with van der Waals surface area (Å²) in [6.45, 7) is -0.132. The van der Waals surface area contributed by atoms with E-state index in [1.165, 1.54) is 0 Å². The topological polar surface area (TPSA) is 68.2 Å². The van der Waals surface area contributed by atoms with Crippen LogP contribution in [0.25, 0.3) is 0 Å². The van der Waals surface area contributed by atoms with Gasteiger partial charge in [0.15, 0.2) is 0 Å². The summed E-state index contributed by atoms with van der Waals surface area (Å²) in [5, 5.41) is 10.8. The number of aromatic amines is 1. The third kappa shape index (κ3) is 2.68. The largest absolute Gasteiger partial charge is 0.497 e. The van der Waals surface area contributed by atoms with Gasteiger partial charge in [-0.25, -0.2) is 0 Å². The van der Waals surface area contributed by atoms with Gasteiger partial charge in [0.05, 0.1) is 13.0 Å². The fourth-order valence-electron chi connectivity index (χ4n) is 1.93. The first-order chi connectivity index (χ1) is 8.70. The van der Waals surface area contributed by atoms with Crippen molar-refractivity contribution in [1.82, 2.24) is 4.98 Å². The number of rotatable bonds is 5. The Morgan fingerprint density at radius 1 is 1.33 bits per heavy atom. The molecule has 94 valence electrons. The lowest BCUT2D eigenvalue weighted by Gasteiger charge is -2.12.